The van der Waals surface area contributed by atoms with Gasteiger partial charge in [-0.15, -0.1) is 0 Å². The van der Waals surface area contributed by atoms with E-state index in [1.165, 1.54) is 11.8 Å². The average Bonchev–Trinajstić information content (AvgIpc) is 2.75. The molecule has 0 amide bonds. The second kappa shape index (κ2) is 5.01. The number of halogens is 2. The van der Waals surface area contributed by atoms with Gasteiger partial charge in [0.25, 0.3) is 5.69 Å². The van der Waals surface area contributed by atoms with E-state index in [1.54, 1.807) is 0 Å². The van der Waals surface area contributed by atoms with E-state index < -0.39 is 22.2 Å². The smallest absolute Gasteiger partial charge is 0.329 e. The zero-order valence-electron chi connectivity index (χ0n) is 10.6. The molecule has 1 atom stereocenters. The minimum atomic E-state index is -1.26. The van der Waals surface area contributed by atoms with Gasteiger partial charge in [0.1, 0.15) is 17.0 Å². The number of rotatable bonds is 3. The van der Waals surface area contributed by atoms with Gasteiger partial charge in [-0.05, 0) is 35.7 Å². The number of carboxylic acid groups (broad SMARTS) is 1. The average molecular weight is 347 g/mol. The highest BCUT2D eigenvalue weighted by Gasteiger charge is 2.45. The fourth-order valence-corrected chi connectivity index (χ4v) is 2.79. The molecule has 6 nitrogen and oxygen atoms in total. The molecule has 1 aliphatic heterocycles. The van der Waals surface area contributed by atoms with Crippen molar-refractivity contribution in [1.29, 1.82) is 0 Å². The summed E-state index contributed by atoms with van der Waals surface area (Å²) in [5, 5.41) is 20.5. The fraction of sp³-hybridized carbons (Fsp3) is 0.417. The van der Waals surface area contributed by atoms with Crippen molar-refractivity contribution in [2.45, 2.75) is 25.3 Å². The third-order valence-electron chi connectivity index (χ3n) is 3.61. The van der Waals surface area contributed by atoms with Gasteiger partial charge in [0.2, 0.25) is 0 Å². The van der Waals surface area contributed by atoms with Crippen LogP contribution in [0, 0.1) is 15.9 Å². The van der Waals surface area contributed by atoms with Gasteiger partial charge >= 0.3 is 5.97 Å². The van der Waals surface area contributed by atoms with Crippen LogP contribution < -0.4 is 4.90 Å². The molecule has 1 unspecified atom stereocenters. The summed E-state index contributed by atoms with van der Waals surface area (Å²) >= 11 is 2.90. The second-order valence-electron chi connectivity index (χ2n) is 4.85. The van der Waals surface area contributed by atoms with Crippen LogP contribution in [0.4, 0.5) is 15.8 Å². The lowest BCUT2D eigenvalue weighted by Crippen LogP contribution is -2.48. The van der Waals surface area contributed by atoms with Crippen LogP contribution in [-0.2, 0) is 4.79 Å². The molecule has 0 bridgehead atoms. The highest BCUT2D eigenvalue weighted by Crippen LogP contribution is 2.41. The summed E-state index contributed by atoms with van der Waals surface area (Å²) < 4.78 is 13.7. The standard InChI is InChI=1S/C12H12BrFN2O4/c1-12(11(17)18)3-2-4-15(12)9-6-8(14)7(13)5-10(9)16(19)20/h5-6H,2-4H2,1H3,(H,17,18). The third kappa shape index (κ3) is 2.24. The Kier molecular flexibility index (Phi) is 3.68. The lowest BCUT2D eigenvalue weighted by atomic mass is 9.98. The van der Waals surface area contributed by atoms with Gasteiger partial charge in [0.05, 0.1) is 9.40 Å². The maximum absolute atomic E-state index is 13.7. The molecule has 0 aromatic heterocycles. The van der Waals surface area contributed by atoms with Crippen LogP contribution in [0.5, 0.6) is 0 Å². The maximum Gasteiger partial charge on any atom is 0.329 e. The maximum atomic E-state index is 13.7. The number of nitro benzene ring substituents is 1. The SMILES string of the molecule is CC1(C(=O)O)CCCN1c1cc(F)c(Br)cc1[N+](=O)[O-]. The Labute approximate surface area is 122 Å². The van der Waals surface area contributed by atoms with E-state index in [2.05, 4.69) is 15.9 Å². The van der Waals surface area contributed by atoms with E-state index in [4.69, 9.17) is 0 Å². The molecule has 108 valence electrons. The molecule has 1 fully saturated rings. The monoisotopic (exact) mass is 346 g/mol. The first kappa shape index (κ1) is 14.7. The molecule has 1 heterocycles. The molecule has 0 aliphatic carbocycles. The molecular formula is C12H12BrFN2O4. The summed E-state index contributed by atoms with van der Waals surface area (Å²) in [4.78, 5) is 23.3. The Balaban J connectivity index is 2.60. The topological polar surface area (TPSA) is 83.7 Å². The van der Waals surface area contributed by atoms with Crippen LogP contribution >= 0.6 is 15.9 Å². The summed E-state index contributed by atoms with van der Waals surface area (Å²) in [6.45, 7) is 1.83. The molecule has 1 aromatic carbocycles. The first-order valence-electron chi connectivity index (χ1n) is 5.92. The van der Waals surface area contributed by atoms with E-state index in [-0.39, 0.29) is 15.8 Å². The van der Waals surface area contributed by atoms with E-state index in [9.17, 15) is 24.4 Å². The Morgan fingerprint density at radius 2 is 2.25 bits per heavy atom. The number of hydrogen-bond acceptors (Lipinski definition) is 4. The zero-order valence-corrected chi connectivity index (χ0v) is 12.2. The molecule has 0 radical (unpaired) electrons. The van der Waals surface area contributed by atoms with Crippen LogP contribution in [0.25, 0.3) is 0 Å². The first-order chi connectivity index (χ1) is 9.27. The number of nitro groups is 1. The summed E-state index contributed by atoms with van der Waals surface area (Å²) in [6, 6.07) is 2.07. The molecule has 20 heavy (non-hydrogen) atoms. The summed E-state index contributed by atoms with van der Waals surface area (Å²) in [5.41, 5.74) is -1.57. The zero-order chi connectivity index (χ0) is 15.1. The molecule has 1 aromatic rings. The molecule has 1 N–H and O–H groups in total. The van der Waals surface area contributed by atoms with Crippen molar-refractivity contribution in [3.05, 3.63) is 32.5 Å². The third-order valence-corrected chi connectivity index (χ3v) is 4.21. The minimum absolute atomic E-state index is 0.00176. The van der Waals surface area contributed by atoms with Gasteiger partial charge in [-0.2, -0.15) is 0 Å². The number of carbonyl (C=O) groups is 1. The minimum Gasteiger partial charge on any atom is -0.480 e. The van der Waals surface area contributed by atoms with Crippen molar-refractivity contribution >= 4 is 33.3 Å². The van der Waals surface area contributed by atoms with E-state index in [0.29, 0.717) is 19.4 Å². The summed E-state index contributed by atoms with van der Waals surface area (Å²) in [5.74, 6) is -1.74. The number of hydrogen-bond donors (Lipinski definition) is 1. The summed E-state index contributed by atoms with van der Waals surface area (Å²) in [6.07, 6.45) is 0.939. The van der Waals surface area contributed by atoms with Crippen LogP contribution in [-0.4, -0.2) is 28.1 Å². The highest BCUT2D eigenvalue weighted by atomic mass is 79.9. The number of anilines is 1. The van der Waals surface area contributed by atoms with Crippen LogP contribution in [0.1, 0.15) is 19.8 Å². The normalized spacial score (nSPS) is 22.1. The Morgan fingerprint density at radius 3 is 2.80 bits per heavy atom. The number of aliphatic carboxylic acids is 1. The van der Waals surface area contributed by atoms with Gasteiger partial charge in [-0.1, -0.05) is 0 Å². The Hall–Kier alpha value is -1.70. The van der Waals surface area contributed by atoms with Crippen molar-refractivity contribution in [3.63, 3.8) is 0 Å². The molecular weight excluding hydrogens is 335 g/mol. The number of nitrogens with zero attached hydrogens (tertiary/aromatic N) is 2. The number of carboxylic acids is 1. The molecule has 0 saturated carbocycles. The fourth-order valence-electron chi connectivity index (χ4n) is 2.46. The highest BCUT2D eigenvalue weighted by molar-refractivity contribution is 9.10. The molecule has 8 heteroatoms. The van der Waals surface area contributed by atoms with Gasteiger partial charge in [-0.3, -0.25) is 10.1 Å². The molecule has 0 spiro atoms. The van der Waals surface area contributed by atoms with E-state index in [0.717, 1.165) is 12.1 Å². The second-order valence-corrected chi connectivity index (χ2v) is 5.70. The van der Waals surface area contributed by atoms with Crippen LogP contribution in [0.2, 0.25) is 0 Å². The van der Waals surface area contributed by atoms with Gasteiger partial charge in [-0.25, -0.2) is 9.18 Å². The van der Waals surface area contributed by atoms with Crippen molar-refractivity contribution in [1.82, 2.24) is 0 Å². The van der Waals surface area contributed by atoms with Crippen molar-refractivity contribution in [2.75, 3.05) is 11.4 Å². The predicted octanol–water partition coefficient (Wildman–Crippen LogP) is 2.94. The lowest BCUT2D eigenvalue weighted by molar-refractivity contribution is -0.384. The van der Waals surface area contributed by atoms with Gasteiger partial charge in [0, 0.05) is 18.7 Å². The van der Waals surface area contributed by atoms with Gasteiger partial charge in [0.15, 0.2) is 0 Å². The summed E-state index contributed by atoms with van der Waals surface area (Å²) in [7, 11) is 0. The van der Waals surface area contributed by atoms with E-state index >= 15 is 0 Å². The first-order valence-corrected chi connectivity index (χ1v) is 6.71. The molecule has 1 aliphatic rings. The number of benzene rings is 1. The van der Waals surface area contributed by atoms with Crippen LogP contribution in [0.15, 0.2) is 16.6 Å². The van der Waals surface area contributed by atoms with Crippen LogP contribution in [0.3, 0.4) is 0 Å². The Morgan fingerprint density at radius 1 is 1.60 bits per heavy atom. The van der Waals surface area contributed by atoms with Crippen molar-refractivity contribution in [2.24, 2.45) is 0 Å². The van der Waals surface area contributed by atoms with Gasteiger partial charge < -0.3 is 10.0 Å². The Bertz CT molecular complexity index is 595. The molecule has 2 rings (SSSR count). The predicted molar refractivity (Wildman–Crippen MR) is 73.4 cm³/mol. The lowest BCUT2D eigenvalue weighted by Gasteiger charge is -2.32. The largest absolute Gasteiger partial charge is 0.480 e. The van der Waals surface area contributed by atoms with Crippen molar-refractivity contribution < 1.29 is 19.2 Å². The molecule has 1 saturated heterocycles. The quantitative estimate of drug-likeness (QED) is 0.671. The van der Waals surface area contributed by atoms with Crippen molar-refractivity contribution in [3.8, 4) is 0 Å². The van der Waals surface area contributed by atoms with E-state index in [1.807, 2.05) is 0 Å².